The van der Waals surface area contributed by atoms with Crippen molar-refractivity contribution in [2.24, 2.45) is 0 Å². The quantitative estimate of drug-likeness (QED) is 0.782. The van der Waals surface area contributed by atoms with E-state index in [0.29, 0.717) is 0 Å². The topological polar surface area (TPSA) is 67.4 Å². The minimum absolute atomic E-state index is 0.0673. The van der Waals surface area contributed by atoms with E-state index in [1.807, 2.05) is 32.9 Å². The second-order valence-electron chi connectivity index (χ2n) is 6.37. The Morgan fingerprint density at radius 1 is 1.15 bits per heavy atom. The molecule has 0 spiro atoms. The summed E-state index contributed by atoms with van der Waals surface area (Å²) in [5.41, 5.74) is 3.76. The van der Waals surface area contributed by atoms with E-state index < -0.39 is 17.8 Å². The zero-order valence-electron chi connectivity index (χ0n) is 15.7. The summed E-state index contributed by atoms with van der Waals surface area (Å²) in [5.74, 6) is -1.13. The fourth-order valence-corrected chi connectivity index (χ4v) is 2.90. The van der Waals surface area contributed by atoms with E-state index in [-0.39, 0.29) is 23.2 Å². The van der Waals surface area contributed by atoms with Crippen molar-refractivity contribution in [2.75, 3.05) is 11.9 Å². The van der Waals surface area contributed by atoms with Crippen LogP contribution in [0.3, 0.4) is 0 Å². The first-order valence-corrected chi connectivity index (χ1v) is 8.82. The number of rotatable bonds is 6. The maximum Gasteiger partial charge on any atom is 0.261 e. The molecule has 5 nitrogen and oxygen atoms in total. The molecule has 2 N–H and O–H groups in total. The molecule has 0 aliphatic rings. The number of hydrogen-bond donors (Lipinski definition) is 2. The molecule has 0 heterocycles. The van der Waals surface area contributed by atoms with Crippen LogP contribution in [-0.2, 0) is 9.59 Å². The Morgan fingerprint density at radius 2 is 1.78 bits per heavy atom. The first-order chi connectivity index (χ1) is 12.7. The normalized spacial score (nSPS) is 11.6. The Hall–Kier alpha value is -2.60. The lowest BCUT2D eigenvalue weighted by Crippen LogP contribution is -2.40. The fraction of sp³-hybridized carbons (Fsp3) is 0.300. The summed E-state index contributed by atoms with van der Waals surface area (Å²) < 4.78 is 18.5. The highest BCUT2D eigenvalue weighted by Crippen LogP contribution is 2.26. The Balaban J connectivity index is 1.90. The molecule has 2 rings (SSSR count). The largest absolute Gasteiger partial charge is 0.479 e. The van der Waals surface area contributed by atoms with E-state index >= 15 is 0 Å². The van der Waals surface area contributed by atoms with Gasteiger partial charge in [0.05, 0.1) is 11.6 Å². The lowest BCUT2D eigenvalue weighted by molar-refractivity contribution is -0.129. The molecule has 0 aromatic heterocycles. The zero-order valence-corrected chi connectivity index (χ0v) is 16.4. The average Bonchev–Trinajstić information content (AvgIpc) is 2.58. The van der Waals surface area contributed by atoms with Gasteiger partial charge in [0.15, 0.2) is 6.10 Å². The van der Waals surface area contributed by atoms with E-state index in [1.54, 1.807) is 0 Å². The molecular formula is C20H22ClFN2O3. The molecule has 0 aliphatic carbocycles. The van der Waals surface area contributed by atoms with Crippen molar-refractivity contribution < 1.29 is 18.7 Å². The van der Waals surface area contributed by atoms with E-state index in [9.17, 15) is 14.0 Å². The number of anilines is 1. The second-order valence-corrected chi connectivity index (χ2v) is 6.78. The SMILES string of the molecule is Cc1cc(C)c(NC(=O)CNC(=O)C(C)Oc2ccc(F)cc2Cl)c(C)c1. The van der Waals surface area contributed by atoms with Crippen LogP contribution >= 0.6 is 11.6 Å². The van der Waals surface area contributed by atoms with E-state index in [0.717, 1.165) is 28.4 Å². The molecule has 2 aromatic carbocycles. The van der Waals surface area contributed by atoms with Crippen LogP contribution in [-0.4, -0.2) is 24.5 Å². The van der Waals surface area contributed by atoms with Crippen molar-refractivity contribution in [3.63, 3.8) is 0 Å². The van der Waals surface area contributed by atoms with Gasteiger partial charge in [0, 0.05) is 5.69 Å². The van der Waals surface area contributed by atoms with Crippen LogP contribution in [0.2, 0.25) is 5.02 Å². The third-order valence-electron chi connectivity index (χ3n) is 3.93. The Labute approximate surface area is 162 Å². The molecular weight excluding hydrogens is 371 g/mol. The summed E-state index contributed by atoms with van der Waals surface area (Å²) in [6.45, 7) is 7.13. The van der Waals surface area contributed by atoms with Crippen LogP contribution in [0, 0.1) is 26.6 Å². The van der Waals surface area contributed by atoms with Crippen LogP contribution in [0.4, 0.5) is 10.1 Å². The van der Waals surface area contributed by atoms with Gasteiger partial charge in [-0.05, 0) is 57.0 Å². The molecule has 2 amide bonds. The van der Waals surface area contributed by atoms with Crippen molar-refractivity contribution in [1.29, 1.82) is 0 Å². The summed E-state index contributed by atoms with van der Waals surface area (Å²) in [7, 11) is 0. The summed E-state index contributed by atoms with van der Waals surface area (Å²) in [6, 6.07) is 7.58. The van der Waals surface area contributed by atoms with Crippen LogP contribution in [0.5, 0.6) is 5.75 Å². The maximum atomic E-state index is 13.0. The van der Waals surface area contributed by atoms with Gasteiger partial charge in [-0.25, -0.2) is 4.39 Å². The lowest BCUT2D eigenvalue weighted by atomic mass is 10.1. The van der Waals surface area contributed by atoms with E-state index in [1.165, 1.54) is 19.1 Å². The molecule has 27 heavy (non-hydrogen) atoms. The Bertz CT molecular complexity index is 847. The average molecular weight is 393 g/mol. The van der Waals surface area contributed by atoms with Gasteiger partial charge in [-0.15, -0.1) is 0 Å². The number of hydrogen-bond acceptors (Lipinski definition) is 3. The van der Waals surface area contributed by atoms with Crippen LogP contribution in [0.1, 0.15) is 23.6 Å². The highest BCUT2D eigenvalue weighted by atomic mass is 35.5. The van der Waals surface area contributed by atoms with Gasteiger partial charge < -0.3 is 15.4 Å². The van der Waals surface area contributed by atoms with Crippen LogP contribution in [0.15, 0.2) is 30.3 Å². The molecule has 0 fully saturated rings. The monoisotopic (exact) mass is 392 g/mol. The minimum Gasteiger partial charge on any atom is -0.479 e. The van der Waals surface area contributed by atoms with Gasteiger partial charge in [-0.3, -0.25) is 9.59 Å². The van der Waals surface area contributed by atoms with Crippen LogP contribution in [0.25, 0.3) is 0 Å². The van der Waals surface area contributed by atoms with Crippen molar-refractivity contribution in [3.05, 3.63) is 57.9 Å². The number of carbonyl (C=O) groups excluding carboxylic acids is 2. The molecule has 0 saturated heterocycles. The molecule has 0 bridgehead atoms. The molecule has 144 valence electrons. The van der Waals surface area contributed by atoms with Crippen molar-refractivity contribution in [2.45, 2.75) is 33.8 Å². The van der Waals surface area contributed by atoms with Gasteiger partial charge in [0.25, 0.3) is 5.91 Å². The Morgan fingerprint density at radius 3 is 2.37 bits per heavy atom. The first kappa shape index (κ1) is 20.7. The molecule has 1 atom stereocenters. The summed E-state index contributed by atoms with van der Waals surface area (Å²) >= 11 is 5.88. The molecule has 0 aliphatic heterocycles. The third-order valence-corrected chi connectivity index (χ3v) is 4.23. The molecule has 0 saturated carbocycles. The van der Waals surface area contributed by atoms with Gasteiger partial charge in [0.2, 0.25) is 5.91 Å². The predicted molar refractivity (Wildman–Crippen MR) is 104 cm³/mol. The zero-order chi connectivity index (χ0) is 20.1. The number of carbonyl (C=O) groups is 2. The molecule has 0 radical (unpaired) electrons. The predicted octanol–water partition coefficient (Wildman–Crippen LogP) is 3.93. The number of halogens is 2. The second kappa shape index (κ2) is 8.86. The maximum absolute atomic E-state index is 13.0. The molecule has 1 unspecified atom stereocenters. The van der Waals surface area contributed by atoms with Crippen LogP contribution < -0.4 is 15.4 Å². The highest BCUT2D eigenvalue weighted by Gasteiger charge is 2.17. The summed E-state index contributed by atoms with van der Waals surface area (Å²) in [6.07, 6.45) is -0.899. The number of ether oxygens (including phenoxy) is 1. The highest BCUT2D eigenvalue weighted by molar-refractivity contribution is 6.32. The van der Waals surface area contributed by atoms with Crippen molar-refractivity contribution in [1.82, 2.24) is 5.32 Å². The molecule has 2 aromatic rings. The summed E-state index contributed by atoms with van der Waals surface area (Å²) in [4.78, 5) is 24.3. The van der Waals surface area contributed by atoms with E-state index in [4.69, 9.17) is 16.3 Å². The minimum atomic E-state index is -0.899. The first-order valence-electron chi connectivity index (χ1n) is 8.44. The van der Waals surface area contributed by atoms with Gasteiger partial charge in [-0.1, -0.05) is 29.3 Å². The Kier molecular flexibility index (Phi) is 6.80. The number of benzene rings is 2. The fourth-order valence-electron chi connectivity index (χ4n) is 2.69. The third kappa shape index (κ3) is 5.69. The van der Waals surface area contributed by atoms with Gasteiger partial charge in [0.1, 0.15) is 11.6 Å². The van der Waals surface area contributed by atoms with Crippen molar-refractivity contribution in [3.8, 4) is 5.75 Å². The smallest absolute Gasteiger partial charge is 0.261 e. The number of aryl methyl sites for hydroxylation is 3. The van der Waals surface area contributed by atoms with Crippen molar-refractivity contribution >= 4 is 29.1 Å². The number of amides is 2. The van der Waals surface area contributed by atoms with Gasteiger partial charge >= 0.3 is 0 Å². The number of nitrogens with one attached hydrogen (secondary N) is 2. The molecule has 7 heteroatoms. The standard InChI is InChI=1S/C20H22ClFN2O3/c1-11-7-12(2)19(13(3)8-11)24-18(25)10-23-20(26)14(4)27-17-6-5-15(22)9-16(17)21/h5-9,14H,10H2,1-4H3,(H,23,26)(H,24,25). The lowest BCUT2D eigenvalue weighted by Gasteiger charge is -2.16. The van der Waals surface area contributed by atoms with E-state index in [2.05, 4.69) is 10.6 Å². The summed E-state index contributed by atoms with van der Waals surface area (Å²) in [5, 5.41) is 5.39. The van der Waals surface area contributed by atoms with Gasteiger partial charge in [-0.2, -0.15) is 0 Å².